The second kappa shape index (κ2) is 10.4. The van der Waals surface area contributed by atoms with E-state index in [1.165, 1.54) is 0 Å². The van der Waals surface area contributed by atoms with Gasteiger partial charge in [-0.25, -0.2) is 4.79 Å². The summed E-state index contributed by atoms with van der Waals surface area (Å²) in [6.45, 7) is 10.6. The zero-order valence-corrected chi connectivity index (χ0v) is 25.3. The van der Waals surface area contributed by atoms with Crippen molar-refractivity contribution in [3.05, 3.63) is 90.5 Å². The van der Waals surface area contributed by atoms with Gasteiger partial charge in [0, 0.05) is 64.7 Å². The Labute approximate surface area is 248 Å². The summed E-state index contributed by atoms with van der Waals surface area (Å²) in [6, 6.07) is 13.9. The Morgan fingerprint density at radius 1 is 0.923 bits per heavy atom. The molecule has 0 aliphatic carbocycles. The second-order valence-corrected chi connectivity index (χ2v) is 10.9. The molecule has 0 spiro atoms. The topological polar surface area (TPSA) is 43.7 Å². The Balaban J connectivity index is 2.00. The third-order valence-corrected chi connectivity index (χ3v) is 9.46. The molecule has 0 saturated carbocycles. The highest BCUT2D eigenvalue weighted by molar-refractivity contribution is 6.53. The van der Waals surface area contributed by atoms with Crippen LogP contribution >= 0.6 is 46.4 Å². The number of cyclic esters (lactones) is 1. The lowest BCUT2D eigenvalue weighted by atomic mass is 9.78. The van der Waals surface area contributed by atoms with Gasteiger partial charge in [0.05, 0.1) is 32.8 Å². The highest BCUT2D eigenvalue weighted by Crippen LogP contribution is 2.58. The molecule has 1 aromatic heterocycles. The van der Waals surface area contributed by atoms with Crippen LogP contribution in [0.5, 0.6) is 5.75 Å². The van der Waals surface area contributed by atoms with Gasteiger partial charge in [0.25, 0.3) is 0 Å². The van der Waals surface area contributed by atoms with Crippen molar-refractivity contribution >= 4 is 69.0 Å². The zero-order valence-electron chi connectivity index (χ0n) is 22.3. The molecule has 0 bridgehead atoms. The molecule has 39 heavy (non-hydrogen) atoms. The average molecular weight is 606 g/mol. The van der Waals surface area contributed by atoms with Crippen molar-refractivity contribution in [3.8, 4) is 5.75 Å². The molecule has 2 heterocycles. The number of aryl methyl sites for hydroxylation is 1. The van der Waals surface area contributed by atoms with Crippen molar-refractivity contribution in [1.82, 2.24) is 4.57 Å². The minimum absolute atomic E-state index is 0.00329. The van der Waals surface area contributed by atoms with Gasteiger partial charge in [-0.05, 0) is 45.9 Å². The summed E-state index contributed by atoms with van der Waals surface area (Å²) in [5.41, 5.74) is 3.18. The van der Waals surface area contributed by atoms with Crippen LogP contribution in [0, 0.1) is 6.92 Å². The van der Waals surface area contributed by atoms with E-state index in [0.29, 0.717) is 23.4 Å². The number of methoxy groups -OCH3 is 1. The molecule has 0 N–H and O–H groups in total. The molecule has 4 aromatic rings. The van der Waals surface area contributed by atoms with E-state index in [1.807, 2.05) is 49.4 Å². The van der Waals surface area contributed by atoms with Crippen LogP contribution in [-0.2, 0) is 16.9 Å². The van der Waals surface area contributed by atoms with Crippen molar-refractivity contribution in [3.63, 3.8) is 0 Å². The minimum atomic E-state index is -1.52. The molecule has 1 atom stereocenters. The maximum atomic E-state index is 13.7. The SMILES string of the molecule is CCN(CC)c1ccc(C2(c3c(C)n(CC)c4ccccc34)OC(=O)c3c(Cl)c(Cl)c(Cl)c(Cl)c32)c(OC)c1. The van der Waals surface area contributed by atoms with Gasteiger partial charge in [-0.15, -0.1) is 0 Å². The third-order valence-electron chi connectivity index (χ3n) is 7.66. The van der Waals surface area contributed by atoms with Gasteiger partial charge < -0.3 is 18.9 Å². The normalized spacial score (nSPS) is 16.5. The maximum Gasteiger partial charge on any atom is 0.341 e. The summed E-state index contributed by atoms with van der Waals surface area (Å²) in [4.78, 5) is 15.9. The summed E-state index contributed by atoms with van der Waals surface area (Å²) < 4.78 is 14.6. The van der Waals surface area contributed by atoms with Gasteiger partial charge in [-0.3, -0.25) is 0 Å². The number of carbonyl (C=O) groups is 1. The number of halogens is 4. The van der Waals surface area contributed by atoms with Crippen LogP contribution in [0.3, 0.4) is 0 Å². The number of hydrogen-bond acceptors (Lipinski definition) is 4. The van der Waals surface area contributed by atoms with E-state index < -0.39 is 11.6 Å². The van der Waals surface area contributed by atoms with Gasteiger partial charge in [0.2, 0.25) is 0 Å². The maximum absolute atomic E-state index is 13.7. The summed E-state index contributed by atoms with van der Waals surface area (Å²) in [5.74, 6) is -0.107. The number of nitrogens with zero attached hydrogens (tertiary/aromatic N) is 2. The number of aromatic nitrogens is 1. The fourth-order valence-corrected chi connectivity index (χ4v) is 7.00. The molecular formula is C30H28Cl4N2O3. The van der Waals surface area contributed by atoms with Crippen LogP contribution in [-0.4, -0.2) is 30.7 Å². The molecule has 1 unspecified atom stereocenters. The van der Waals surface area contributed by atoms with Gasteiger partial charge in [-0.2, -0.15) is 0 Å². The van der Waals surface area contributed by atoms with Crippen LogP contribution < -0.4 is 9.64 Å². The largest absolute Gasteiger partial charge is 0.496 e. The quantitative estimate of drug-likeness (QED) is 0.120. The molecule has 9 heteroatoms. The Morgan fingerprint density at radius 2 is 1.59 bits per heavy atom. The van der Waals surface area contributed by atoms with Crippen LogP contribution in [0.4, 0.5) is 5.69 Å². The number of fused-ring (bicyclic) bond motifs is 2. The van der Waals surface area contributed by atoms with E-state index in [4.69, 9.17) is 55.9 Å². The lowest BCUT2D eigenvalue weighted by Gasteiger charge is -2.33. The molecule has 0 radical (unpaired) electrons. The molecule has 204 valence electrons. The van der Waals surface area contributed by atoms with Crippen LogP contribution in [0.1, 0.15) is 53.5 Å². The van der Waals surface area contributed by atoms with Crippen molar-refractivity contribution in [2.75, 3.05) is 25.1 Å². The lowest BCUT2D eigenvalue weighted by molar-refractivity contribution is 0.0247. The van der Waals surface area contributed by atoms with E-state index in [1.54, 1.807) is 7.11 Å². The zero-order chi connectivity index (χ0) is 28.2. The van der Waals surface area contributed by atoms with Crippen molar-refractivity contribution in [2.24, 2.45) is 0 Å². The van der Waals surface area contributed by atoms with Gasteiger partial charge in [0.1, 0.15) is 5.75 Å². The highest BCUT2D eigenvalue weighted by Gasteiger charge is 2.55. The van der Waals surface area contributed by atoms with Crippen LogP contribution in [0.2, 0.25) is 20.1 Å². The predicted molar refractivity (Wildman–Crippen MR) is 161 cm³/mol. The molecule has 0 amide bonds. The number of esters is 1. The molecule has 1 aliphatic heterocycles. The van der Waals surface area contributed by atoms with E-state index in [9.17, 15) is 4.79 Å². The van der Waals surface area contributed by atoms with Crippen molar-refractivity contribution in [2.45, 2.75) is 39.8 Å². The first kappa shape index (κ1) is 28.0. The fraction of sp³-hybridized carbons (Fsp3) is 0.300. The van der Waals surface area contributed by atoms with Gasteiger partial charge in [0.15, 0.2) is 5.60 Å². The molecule has 5 nitrogen and oxygen atoms in total. The minimum Gasteiger partial charge on any atom is -0.496 e. The molecule has 3 aromatic carbocycles. The standard InChI is InChI=1S/C30H28Cl4N2O3/c1-6-35(7-2)17-13-14-19(21(15-17)38-5)30(23-16(4)36(8-3)20-12-10-9-11-18(20)23)24-22(29(37)39-30)25(31)27(33)28(34)26(24)32/h9-15H,6-8H2,1-5H3. The molecule has 0 fully saturated rings. The van der Waals surface area contributed by atoms with Crippen molar-refractivity contribution < 1.29 is 14.3 Å². The first-order valence-corrected chi connectivity index (χ1v) is 14.3. The monoisotopic (exact) mass is 604 g/mol. The Bertz CT molecular complexity index is 1630. The number of para-hydroxylation sites is 1. The average Bonchev–Trinajstić information content (AvgIpc) is 3.41. The first-order chi connectivity index (χ1) is 18.7. The molecule has 1 aliphatic rings. The van der Waals surface area contributed by atoms with Gasteiger partial charge >= 0.3 is 5.97 Å². The highest BCUT2D eigenvalue weighted by atomic mass is 35.5. The number of rotatable bonds is 7. The molecular weight excluding hydrogens is 578 g/mol. The Kier molecular flexibility index (Phi) is 7.49. The number of benzene rings is 3. The van der Waals surface area contributed by atoms with Crippen LogP contribution in [0.15, 0.2) is 42.5 Å². The van der Waals surface area contributed by atoms with E-state index in [0.717, 1.165) is 40.9 Å². The Hall–Kier alpha value is -2.57. The summed E-state index contributed by atoms with van der Waals surface area (Å²) >= 11 is 26.7. The van der Waals surface area contributed by atoms with E-state index in [-0.39, 0.29) is 25.7 Å². The second-order valence-electron chi connectivity index (χ2n) is 9.36. The summed E-state index contributed by atoms with van der Waals surface area (Å²) in [5, 5.41) is 1.08. The lowest BCUT2D eigenvalue weighted by Crippen LogP contribution is -2.32. The Morgan fingerprint density at radius 3 is 2.23 bits per heavy atom. The molecule has 5 rings (SSSR count). The van der Waals surface area contributed by atoms with Crippen LogP contribution in [0.25, 0.3) is 10.9 Å². The van der Waals surface area contributed by atoms with E-state index >= 15 is 0 Å². The fourth-order valence-electron chi connectivity index (χ4n) is 5.93. The number of ether oxygens (including phenoxy) is 2. The smallest absolute Gasteiger partial charge is 0.341 e. The molecule has 0 saturated heterocycles. The van der Waals surface area contributed by atoms with E-state index in [2.05, 4.69) is 30.2 Å². The number of hydrogen-bond donors (Lipinski definition) is 0. The number of carbonyl (C=O) groups excluding carboxylic acids is 1. The van der Waals surface area contributed by atoms with Crippen molar-refractivity contribution in [1.29, 1.82) is 0 Å². The number of anilines is 1. The summed E-state index contributed by atoms with van der Waals surface area (Å²) in [7, 11) is 1.60. The first-order valence-electron chi connectivity index (χ1n) is 12.8. The summed E-state index contributed by atoms with van der Waals surface area (Å²) in [6.07, 6.45) is 0. The third kappa shape index (κ3) is 3.93. The van der Waals surface area contributed by atoms with Gasteiger partial charge in [-0.1, -0.05) is 64.6 Å². The predicted octanol–water partition coefficient (Wildman–Crippen LogP) is 8.90.